The Bertz CT molecular complexity index is 696. The van der Waals surface area contributed by atoms with Crippen molar-refractivity contribution in [2.45, 2.75) is 69.5 Å². The minimum absolute atomic E-state index is 0.0327. The SMILES string of the molecule is O=C(NC1CCC(NC2CCCC2)CC1)c1ccc2[nH]ncc2c1. The monoisotopic (exact) mass is 326 g/mol. The Morgan fingerprint density at radius 3 is 2.50 bits per heavy atom. The second kappa shape index (κ2) is 6.93. The van der Waals surface area contributed by atoms with Crippen LogP contribution in [0.4, 0.5) is 0 Å². The zero-order valence-electron chi connectivity index (χ0n) is 14.1. The molecular weight excluding hydrogens is 300 g/mol. The van der Waals surface area contributed by atoms with Gasteiger partial charge in [0.1, 0.15) is 0 Å². The van der Waals surface area contributed by atoms with Gasteiger partial charge in [-0.2, -0.15) is 5.10 Å². The van der Waals surface area contributed by atoms with Crippen molar-refractivity contribution in [1.82, 2.24) is 20.8 Å². The first kappa shape index (κ1) is 15.6. The molecule has 2 aliphatic carbocycles. The number of aromatic nitrogens is 2. The lowest BCUT2D eigenvalue weighted by Gasteiger charge is -2.31. The molecule has 0 bridgehead atoms. The summed E-state index contributed by atoms with van der Waals surface area (Å²) in [5, 5.41) is 14.9. The van der Waals surface area contributed by atoms with Crippen LogP contribution in [0.2, 0.25) is 0 Å². The minimum atomic E-state index is 0.0327. The van der Waals surface area contributed by atoms with Crippen LogP contribution < -0.4 is 10.6 Å². The Balaban J connectivity index is 1.29. The molecule has 0 radical (unpaired) electrons. The molecule has 0 unspecified atom stereocenters. The van der Waals surface area contributed by atoms with E-state index in [2.05, 4.69) is 20.8 Å². The fraction of sp³-hybridized carbons (Fsp3) is 0.579. The van der Waals surface area contributed by atoms with Crippen LogP contribution in [-0.2, 0) is 0 Å². The summed E-state index contributed by atoms with van der Waals surface area (Å²) < 4.78 is 0. The lowest BCUT2D eigenvalue weighted by molar-refractivity contribution is 0.0923. The van der Waals surface area contributed by atoms with Crippen LogP contribution in [-0.4, -0.2) is 34.2 Å². The third-order valence-corrected chi connectivity index (χ3v) is 5.59. The molecule has 2 aromatic rings. The summed E-state index contributed by atoms with van der Waals surface area (Å²) in [6.07, 6.45) is 11.7. The first-order valence-corrected chi connectivity index (χ1v) is 9.28. The van der Waals surface area contributed by atoms with Crippen LogP contribution in [0.3, 0.4) is 0 Å². The molecule has 1 amide bonds. The number of nitrogens with one attached hydrogen (secondary N) is 3. The van der Waals surface area contributed by atoms with Crippen molar-refractivity contribution in [3.63, 3.8) is 0 Å². The van der Waals surface area contributed by atoms with E-state index in [-0.39, 0.29) is 5.91 Å². The summed E-state index contributed by atoms with van der Waals surface area (Å²) in [6.45, 7) is 0. The Kier molecular flexibility index (Phi) is 4.52. The van der Waals surface area contributed by atoms with Crippen LogP contribution in [0.25, 0.3) is 10.9 Å². The van der Waals surface area contributed by atoms with E-state index in [1.807, 2.05) is 18.2 Å². The molecule has 24 heavy (non-hydrogen) atoms. The average Bonchev–Trinajstić information content (AvgIpc) is 3.27. The number of H-pyrrole nitrogens is 1. The van der Waals surface area contributed by atoms with Gasteiger partial charge in [0.15, 0.2) is 0 Å². The summed E-state index contributed by atoms with van der Waals surface area (Å²) in [5.74, 6) is 0.0327. The highest BCUT2D eigenvalue weighted by Crippen LogP contribution is 2.24. The summed E-state index contributed by atoms with van der Waals surface area (Å²) in [7, 11) is 0. The molecule has 128 valence electrons. The van der Waals surface area contributed by atoms with Gasteiger partial charge in [-0.25, -0.2) is 0 Å². The summed E-state index contributed by atoms with van der Waals surface area (Å²) >= 11 is 0. The van der Waals surface area contributed by atoms with Crippen molar-refractivity contribution in [3.8, 4) is 0 Å². The van der Waals surface area contributed by atoms with E-state index in [1.54, 1.807) is 6.20 Å². The van der Waals surface area contributed by atoms with E-state index in [0.717, 1.165) is 35.3 Å². The number of hydrogen-bond donors (Lipinski definition) is 3. The van der Waals surface area contributed by atoms with Crippen LogP contribution in [0.5, 0.6) is 0 Å². The normalized spacial score (nSPS) is 25.2. The van der Waals surface area contributed by atoms with E-state index < -0.39 is 0 Å². The van der Waals surface area contributed by atoms with Crippen LogP contribution in [0.1, 0.15) is 61.7 Å². The molecule has 3 N–H and O–H groups in total. The molecule has 1 aromatic carbocycles. The number of nitrogens with zero attached hydrogens (tertiary/aromatic N) is 1. The van der Waals surface area contributed by atoms with Crippen molar-refractivity contribution in [2.75, 3.05) is 0 Å². The molecule has 5 nitrogen and oxygen atoms in total. The highest BCUT2D eigenvalue weighted by atomic mass is 16.1. The molecule has 2 aliphatic rings. The highest BCUT2D eigenvalue weighted by Gasteiger charge is 2.25. The zero-order chi connectivity index (χ0) is 16.4. The van der Waals surface area contributed by atoms with Gasteiger partial charge in [0.05, 0.1) is 11.7 Å². The van der Waals surface area contributed by atoms with Gasteiger partial charge in [-0.3, -0.25) is 9.89 Å². The molecule has 2 fully saturated rings. The van der Waals surface area contributed by atoms with Crippen LogP contribution in [0.15, 0.2) is 24.4 Å². The molecule has 4 rings (SSSR count). The Morgan fingerprint density at radius 2 is 1.71 bits per heavy atom. The van der Waals surface area contributed by atoms with Gasteiger partial charge in [-0.1, -0.05) is 12.8 Å². The second-order valence-electron chi connectivity index (χ2n) is 7.34. The third-order valence-electron chi connectivity index (χ3n) is 5.59. The number of carbonyl (C=O) groups excluding carboxylic acids is 1. The number of amides is 1. The predicted molar refractivity (Wildman–Crippen MR) is 95.0 cm³/mol. The standard InChI is InChI=1S/C19H26N4O/c24-19(13-5-10-18-14(11-13)12-20-23-18)22-17-8-6-16(7-9-17)21-15-3-1-2-4-15/h5,10-12,15-17,21H,1-4,6-9H2,(H,20,23)(H,22,24). The van der Waals surface area contributed by atoms with Gasteiger partial charge >= 0.3 is 0 Å². The quantitative estimate of drug-likeness (QED) is 0.808. The Labute approximate surface area is 142 Å². The average molecular weight is 326 g/mol. The topological polar surface area (TPSA) is 69.8 Å². The number of fused-ring (bicyclic) bond motifs is 1. The third kappa shape index (κ3) is 3.46. The smallest absolute Gasteiger partial charge is 0.251 e. The second-order valence-corrected chi connectivity index (χ2v) is 7.34. The molecule has 1 aromatic heterocycles. The number of aromatic amines is 1. The number of hydrogen-bond acceptors (Lipinski definition) is 3. The first-order chi connectivity index (χ1) is 11.8. The molecule has 2 saturated carbocycles. The molecule has 0 saturated heterocycles. The summed E-state index contributed by atoms with van der Waals surface area (Å²) in [6, 6.07) is 7.37. The maximum Gasteiger partial charge on any atom is 0.251 e. The van der Waals surface area contributed by atoms with E-state index in [4.69, 9.17) is 0 Å². The maximum atomic E-state index is 12.5. The molecule has 0 atom stereocenters. The van der Waals surface area contributed by atoms with Gasteiger partial charge < -0.3 is 10.6 Å². The van der Waals surface area contributed by atoms with Crippen molar-refractivity contribution in [1.29, 1.82) is 0 Å². The fourth-order valence-corrected chi connectivity index (χ4v) is 4.18. The van der Waals surface area contributed by atoms with Crippen molar-refractivity contribution >= 4 is 16.8 Å². The van der Waals surface area contributed by atoms with Crippen LogP contribution in [0, 0.1) is 0 Å². The molecular formula is C19H26N4O. The number of benzene rings is 1. The molecule has 5 heteroatoms. The Hall–Kier alpha value is -1.88. The largest absolute Gasteiger partial charge is 0.349 e. The van der Waals surface area contributed by atoms with E-state index in [0.29, 0.717) is 12.1 Å². The van der Waals surface area contributed by atoms with Gasteiger partial charge in [0.2, 0.25) is 0 Å². The summed E-state index contributed by atoms with van der Waals surface area (Å²) in [5.41, 5.74) is 1.68. The van der Waals surface area contributed by atoms with Gasteiger partial charge in [0, 0.05) is 29.1 Å². The minimum Gasteiger partial charge on any atom is -0.349 e. The molecule has 0 aliphatic heterocycles. The highest BCUT2D eigenvalue weighted by molar-refractivity contribution is 5.98. The zero-order valence-corrected chi connectivity index (χ0v) is 14.1. The van der Waals surface area contributed by atoms with Gasteiger partial charge in [0.25, 0.3) is 5.91 Å². The molecule has 0 spiro atoms. The van der Waals surface area contributed by atoms with Crippen LogP contribution >= 0.6 is 0 Å². The van der Waals surface area contributed by atoms with Crippen molar-refractivity contribution < 1.29 is 4.79 Å². The van der Waals surface area contributed by atoms with Crippen molar-refractivity contribution in [2.24, 2.45) is 0 Å². The van der Waals surface area contributed by atoms with E-state index in [9.17, 15) is 4.79 Å². The maximum absolute atomic E-state index is 12.5. The number of rotatable bonds is 4. The van der Waals surface area contributed by atoms with Gasteiger partial charge in [-0.15, -0.1) is 0 Å². The number of carbonyl (C=O) groups is 1. The van der Waals surface area contributed by atoms with E-state index in [1.165, 1.54) is 38.5 Å². The molecule has 1 heterocycles. The predicted octanol–water partition coefficient (Wildman–Crippen LogP) is 3.14. The van der Waals surface area contributed by atoms with E-state index >= 15 is 0 Å². The summed E-state index contributed by atoms with van der Waals surface area (Å²) in [4.78, 5) is 12.5. The first-order valence-electron chi connectivity index (χ1n) is 9.28. The van der Waals surface area contributed by atoms with Crippen molar-refractivity contribution in [3.05, 3.63) is 30.0 Å². The lowest BCUT2D eigenvalue weighted by Crippen LogP contribution is -2.44. The Morgan fingerprint density at radius 1 is 1.00 bits per heavy atom. The van der Waals surface area contributed by atoms with Gasteiger partial charge in [-0.05, 0) is 56.7 Å². The lowest BCUT2D eigenvalue weighted by atomic mass is 9.90. The fourth-order valence-electron chi connectivity index (χ4n) is 4.18.